The fraction of sp³-hybridized carbons (Fsp3) is 0.667. The van der Waals surface area contributed by atoms with Gasteiger partial charge in [-0.1, -0.05) is 33.8 Å². The number of halogens is 1. The molecule has 0 amide bonds. The van der Waals surface area contributed by atoms with Crippen molar-refractivity contribution in [2.45, 2.75) is 46.7 Å². The van der Waals surface area contributed by atoms with Crippen LogP contribution in [0.25, 0.3) is 0 Å². The minimum atomic E-state index is 0. The summed E-state index contributed by atoms with van der Waals surface area (Å²) in [5.74, 6) is 1.52. The largest absolute Gasteiger partial charge is 0.355 e. The Bertz CT molecular complexity index is 446. The number of likely N-dealkylation sites (N-methyl/N-ethyl adjacent to an activating group) is 1. The highest BCUT2D eigenvalue weighted by molar-refractivity contribution is 14.0. The summed E-state index contributed by atoms with van der Waals surface area (Å²) in [5.41, 5.74) is 1.01. The van der Waals surface area contributed by atoms with E-state index in [4.69, 9.17) is 0 Å². The zero-order valence-electron chi connectivity index (χ0n) is 15.7. The van der Waals surface area contributed by atoms with Crippen LogP contribution in [-0.2, 0) is 6.54 Å². The quantitative estimate of drug-likeness (QED) is 0.347. The number of hydrogen-bond acceptors (Lipinski definition) is 3. The predicted molar refractivity (Wildman–Crippen MR) is 114 cm³/mol. The fourth-order valence-electron chi connectivity index (χ4n) is 2.76. The molecule has 1 rings (SSSR count). The molecule has 0 aliphatic rings. The van der Waals surface area contributed by atoms with E-state index in [9.17, 15) is 0 Å². The maximum atomic E-state index is 4.32. The second-order valence-electron chi connectivity index (χ2n) is 6.13. The van der Waals surface area contributed by atoms with Crippen LogP contribution in [0.5, 0.6) is 0 Å². The second kappa shape index (κ2) is 13.4. The van der Waals surface area contributed by atoms with Crippen molar-refractivity contribution in [1.82, 2.24) is 20.5 Å². The van der Waals surface area contributed by atoms with Gasteiger partial charge in [-0.2, -0.15) is 0 Å². The van der Waals surface area contributed by atoms with E-state index in [2.05, 4.69) is 53.2 Å². The van der Waals surface area contributed by atoms with Gasteiger partial charge in [-0.05, 0) is 37.6 Å². The Kier molecular flexibility index (Phi) is 12.9. The molecule has 0 saturated heterocycles. The minimum Gasteiger partial charge on any atom is -0.355 e. The Morgan fingerprint density at radius 2 is 1.92 bits per heavy atom. The standard InChI is InChI=1S/C18H33N5.HI/c1-6-23(7-2)17(12-15(3)4)14-22-18(19-5)21-13-16-10-8-9-11-20-16;/h8-11,15,17H,6-7,12-14H2,1-5H3,(H2,19,21,22);1H. The third kappa shape index (κ3) is 8.82. The highest BCUT2D eigenvalue weighted by atomic mass is 127. The first-order valence-corrected chi connectivity index (χ1v) is 8.69. The monoisotopic (exact) mass is 447 g/mol. The van der Waals surface area contributed by atoms with Gasteiger partial charge in [0.05, 0.1) is 12.2 Å². The molecular formula is C18H34IN5. The third-order valence-corrected chi connectivity index (χ3v) is 3.96. The lowest BCUT2D eigenvalue weighted by atomic mass is 10.0. The van der Waals surface area contributed by atoms with Crippen LogP contribution in [0.3, 0.4) is 0 Å². The van der Waals surface area contributed by atoms with Crippen molar-refractivity contribution in [2.75, 3.05) is 26.7 Å². The summed E-state index contributed by atoms with van der Waals surface area (Å²) in [6, 6.07) is 6.46. The number of aliphatic imine (C=N–C) groups is 1. The average Bonchev–Trinajstić information content (AvgIpc) is 2.56. The summed E-state index contributed by atoms with van der Waals surface area (Å²) in [6.45, 7) is 12.8. The molecule has 138 valence electrons. The maximum Gasteiger partial charge on any atom is 0.191 e. The number of rotatable bonds is 9. The molecule has 0 spiro atoms. The highest BCUT2D eigenvalue weighted by Crippen LogP contribution is 2.10. The maximum absolute atomic E-state index is 4.32. The molecule has 0 aliphatic carbocycles. The van der Waals surface area contributed by atoms with Crippen LogP contribution >= 0.6 is 24.0 Å². The van der Waals surface area contributed by atoms with Gasteiger partial charge in [0.1, 0.15) is 0 Å². The number of guanidine groups is 1. The summed E-state index contributed by atoms with van der Waals surface area (Å²) < 4.78 is 0. The molecule has 0 bridgehead atoms. The summed E-state index contributed by atoms with van der Waals surface area (Å²) in [7, 11) is 1.81. The van der Waals surface area contributed by atoms with Gasteiger partial charge in [0.25, 0.3) is 0 Å². The first-order valence-electron chi connectivity index (χ1n) is 8.69. The van der Waals surface area contributed by atoms with E-state index in [0.717, 1.165) is 31.3 Å². The lowest BCUT2D eigenvalue weighted by molar-refractivity contribution is 0.191. The van der Waals surface area contributed by atoms with Crippen molar-refractivity contribution < 1.29 is 0 Å². The van der Waals surface area contributed by atoms with Crippen LogP contribution in [0.15, 0.2) is 29.4 Å². The fourth-order valence-corrected chi connectivity index (χ4v) is 2.76. The van der Waals surface area contributed by atoms with E-state index in [1.807, 2.05) is 31.4 Å². The van der Waals surface area contributed by atoms with Gasteiger partial charge in [-0.15, -0.1) is 24.0 Å². The second-order valence-corrected chi connectivity index (χ2v) is 6.13. The van der Waals surface area contributed by atoms with Gasteiger partial charge in [0.15, 0.2) is 5.96 Å². The van der Waals surface area contributed by atoms with Crippen molar-refractivity contribution in [3.05, 3.63) is 30.1 Å². The van der Waals surface area contributed by atoms with E-state index in [1.54, 1.807) is 0 Å². The van der Waals surface area contributed by atoms with E-state index in [1.165, 1.54) is 6.42 Å². The summed E-state index contributed by atoms with van der Waals surface area (Å²) >= 11 is 0. The van der Waals surface area contributed by atoms with Gasteiger partial charge in [0.2, 0.25) is 0 Å². The van der Waals surface area contributed by atoms with Crippen molar-refractivity contribution in [3.8, 4) is 0 Å². The normalized spacial score (nSPS) is 12.9. The average molecular weight is 447 g/mol. The third-order valence-electron chi connectivity index (χ3n) is 3.96. The lowest BCUT2D eigenvalue weighted by Crippen LogP contribution is -2.47. The molecule has 0 fully saturated rings. The van der Waals surface area contributed by atoms with Crippen LogP contribution in [0, 0.1) is 5.92 Å². The molecule has 1 aromatic rings. The molecule has 24 heavy (non-hydrogen) atoms. The first-order chi connectivity index (χ1) is 11.1. The summed E-state index contributed by atoms with van der Waals surface area (Å²) in [5, 5.41) is 6.79. The Morgan fingerprint density at radius 1 is 1.21 bits per heavy atom. The minimum absolute atomic E-state index is 0. The molecule has 1 unspecified atom stereocenters. The van der Waals surface area contributed by atoms with Crippen LogP contribution in [-0.4, -0.2) is 48.6 Å². The van der Waals surface area contributed by atoms with Crippen LogP contribution in [0.4, 0.5) is 0 Å². The molecule has 2 N–H and O–H groups in total. The Hall–Kier alpha value is -0.890. The Morgan fingerprint density at radius 3 is 2.42 bits per heavy atom. The zero-order valence-corrected chi connectivity index (χ0v) is 18.1. The lowest BCUT2D eigenvalue weighted by Gasteiger charge is -2.31. The van der Waals surface area contributed by atoms with Crippen LogP contribution < -0.4 is 10.6 Å². The van der Waals surface area contributed by atoms with E-state index in [-0.39, 0.29) is 24.0 Å². The Labute approximate surface area is 164 Å². The first kappa shape index (κ1) is 23.1. The van der Waals surface area contributed by atoms with Gasteiger partial charge in [-0.3, -0.25) is 14.9 Å². The molecule has 6 heteroatoms. The molecule has 0 radical (unpaired) electrons. The zero-order chi connectivity index (χ0) is 17.1. The molecule has 0 saturated carbocycles. The molecule has 1 heterocycles. The molecule has 0 aromatic carbocycles. The van der Waals surface area contributed by atoms with Crippen molar-refractivity contribution in [1.29, 1.82) is 0 Å². The highest BCUT2D eigenvalue weighted by Gasteiger charge is 2.17. The Balaban J connectivity index is 0.00000529. The van der Waals surface area contributed by atoms with Gasteiger partial charge >= 0.3 is 0 Å². The predicted octanol–water partition coefficient (Wildman–Crippen LogP) is 3.12. The number of hydrogen-bond donors (Lipinski definition) is 2. The van der Waals surface area contributed by atoms with E-state index >= 15 is 0 Å². The van der Waals surface area contributed by atoms with Crippen LogP contribution in [0.1, 0.15) is 39.8 Å². The molecule has 5 nitrogen and oxygen atoms in total. The molecule has 1 atom stereocenters. The molecule has 1 aromatic heterocycles. The number of nitrogens with one attached hydrogen (secondary N) is 2. The van der Waals surface area contributed by atoms with Gasteiger partial charge in [0, 0.05) is 25.8 Å². The van der Waals surface area contributed by atoms with Gasteiger partial charge in [-0.25, -0.2) is 0 Å². The summed E-state index contributed by atoms with van der Waals surface area (Å²) in [4.78, 5) is 11.1. The van der Waals surface area contributed by atoms with Crippen molar-refractivity contribution in [3.63, 3.8) is 0 Å². The smallest absolute Gasteiger partial charge is 0.191 e. The van der Waals surface area contributed by atoms with Crippen molar-refractivity contribution in [2.24, 2.45) is 10.9 Å². The molecular weight excluding hydrogens is 413 g/mol. The van der Waals surface area contributed by atoms with E-state index in [0.29, 0.717) is 18.5 Å². The summed E-state index contributed by atoms with van der Waals surface area (Å²) in [6.07, 6.45) is 3.00. The van der Waals surface area contributed by atoms with Crippen molar-refractivity contribution >= 4 is 29.9 Å². The SMILES string of the molecule is CCN(CC)C(CNC(=NC)NCc1ccccn1)CC(C)C.I. The van der Waals surface area contributed by atoms with Crippen LogP contribution in [0.2, 0.25) is 0 Å². The van der Waals surface area contributed by atoms with E-state index < -0.39 is 0 Å². The van der Waals surface area contributed by atoms with Gasteiger partial charge < -0.3 is 10.6 Å². The number of pyridine rings is 1. The molecule has 0 aliphatic heterocycles. The topological polar surface area (TPSA) is 52.5 Å². The number of aromatic nitrogens is 1. The number of nitrogens with zero attached hydrogens (tertiary/aromatic N) is 3.